The fourth-order valence-electron chi connectivity index (χ4n) is 3.45. The van der Waals surface area contributed by atoms with Gasteiger partial charge in [0.2, 0.25) is 5.95 Å². The summed E-state index contributed by atoms with van der Waals surface area (Å²) < 4.78 is 40.0. The monoisotopic (exact) mass is 510 g/mol. The van der Waals surface area contributed by atoms with E-state index in [0.717, 1.165) is 6.07 Å². The summed E-state index contributed by atoms with van der Waals surface area (Å²) in [5.41, 5.74) is 6.59. The zero-order valence-electron chi connectivity index (χ0n) is 17.8. The number of rotatable bonds is 9. The lowest BCUT2D eigenvalue weighted by Crippen LogP contribution is -2.33. The second kappa shape index (κ2) is 9.67. The van der Waals surface area contributed by atoms with Gasteiger partial charge in [-0.05, 0) is 25.5 Å². The highest BCUT2D eigenvalue weighted by atomic mass is 35.5. The molecule has 1 aliphatic carbocycles. The third-order valence-corrected chi connectivity index (χ3v) is 7.03. The lowest BCUT2D eigenvalue weighted by Gasteiger charge is -2.23. The van der Waals surface area contributed by atoms with E-state index < -0.39 is 25.6 Å². The minimum absolute atomic E-state index is 0.0194. The van der Waals surface area contributed by atoms with Gasteiger partial charge in [0.05, 0.1) is 19.0 Å². The minimum atomic E-state index is -4.24. The summed E-state index contributed by atoms with van der Waals surface area (Å²) in [6.07, 6.45) is 5.86. The van der Waals surface area contributed by atoms with Gasteiger partial charge in [-0.15, -0.1) is 0 Å². The Morgan fingerprint density at radius 3 is 2.91 bits per heavy atom. The number of anilines is 1. The number of nitrogens with two attached hydrogens (primary N) is 1. The maximum Gasteiger partial charge on any atom is 0.459 e. The first-order valence-corrected chi connectivity index (χ1v) is 12.1. The molecule has 11 nitrogen and oxygen atoms in total. The Kier molecular flexibility index (Phi) is 6.85. The number of nitrogens with zero attached hydrogens (tertiary/aromatic N) is 4. The molecular formula is C20H21ClFN6O5P. The fraction of sp³-hybridized carbons (Fsp3) is 0.300. The molecule has 0 radical (unpaired) electrons. The Morgan fingerprint density at radius 1 is 1.41 bits per heavy atom. The highest BCUT2D eigenvalue weighted by molar-refractivity contribution is 7.52. The molecule has 0 spiro atoms. The highest BCUT2D eigenvalue weighted by Crippen LogP contribution is 2.46. The minimum Gasteiger partial charge on any atom is -0.480 e. The van der Waals surface area contributed by atoms with Crippen LogP contribution in [0.3, 0.4) is 0 Å². The topological polar surface area (TPSA) is 154 Å². The molecule has 2 heterocycles. The third kappa shape index (κ3) is 5.20. The van der Waals surface area contributed by atoms with Crippen LogP contribution in [-0.2, 0) is 13.9 Å². The number of carbonyl (C=O) groups is 1. The molecule has 0 saturated carbocycles. The smallest absolute Gasteiger partial charge is 0.459 e. The molecule has 3 aromatic rings. The van der Waals surface area contributed by atoms with E-state index in [2.05, 4.69) is 20.0 Å². The van der Waals surface area contributed by atoms with Crippen LogP contribution in [0.25, 0.3) is 11.2 Å². The zero-order valence-corrected chi connectivity index (χ0v) is 19.5. The van der Waals surface area contributed by atoms with Crippen molar-refractivity contribution in [1.82, 2.24) is 24.6 Å². The number of fused-ring (bicyclic) bond motifs is 1. The fourth-order valence-corrected chi connectivity index (χ4v) is 5.23. The van der Waals surface area contributed by atoms with E-state index in [9.17, 15) is 18.9 Å². The molecule has 0 amide bonds. The molecule has 4 rings (SSSR count). The second-order valence-corrected chi connectivity index (χ2v) is 9.70. The molecule has 14 heteroatoms. The molecule has 2 aromatic heterocycles. The van der Waals surface area contributed by atoms with Gasteiger partial charge in [0.15, 0.2) is 22.4 Å². The number of allylic oxidation sites excluding steroid dienone is 1. The summed E-state index contributed by atoms with van der Waals surface area (Å²) in [4.78, 5) is 23.6. The van der Waals surface area contributed by atoms with Gasteiger partial charge in [-0.25, -0.2) is 13.9 Å². The predicted octanol–water partition coefficient (Wildman–Crippen LogP) is 3.58. The van der Waals surface area contributed by atoms with E-state index in [1.807, 2.05) is 12.2 Å². The lowest BCUT2D eigenvalue weighted by molar-refractivity contribution is -0.138. The van der Waals surface area contributed by atoms with Crippen LogP contribution in [0.2, 0.25) is 5.15 Å². The van der Waals surface area contributed by atoms with Gasteiger partial charge in [0, 0.05) is 5.92 Å². The first kappa shape index (κ1) is 24.1. The Bertz CT molecular complexity index is 1300. The van der Waals surface area contributed by atoms with E-state index in [0.29, 0.717) is 17.6 Å². The summed E-state index contributed by atoms with van der Waals surface area (Å²) in [6, 6.07) is 3.90. The Balaban J connectivity index is 1.47. The molecule has 0 aliphatic heterocycles. The SMILES string of the molecule is C[C@H](NP(=O)(OC[C@@H]1C=C[C@H](n2cnc3c(Cl)nc(N)nc32)C1)Oc1ccccc1F)C(=O)O. The number of benzene rings is 1. The van der Waals surface area contributed by atoms with Crippen molar-refractivity contribution in [2.24, 2.45) is 5.92 Å². The van der Waals surface area contributed by atoms with Gasteiger partial charge < -0.3 is 19.9 Å². The van der Waals surface area contributed by atoms with Gasteiger partial charge in [-0.3, -0.25) is 9.32 Å². The van der Waals surface area contributed by atoms with E-state index in [-0.39, 0.29) is 35.4 Å². The molecule has 0 saturated heterocycles. The van der Waals surface area contributed by atoms with Gasteiger partial charge in [0.25, 0.3) is 0 Å². The summed E-state index contributed by atoms with van der Waals surface area (Å²) in [6.45, 7) is 1.19. The number of imidazole rings is 1. The molecule has 4 atom stereocenters. The maximum atomic E-state index is 14.1. The van der Waals surface area contributed by atoms with Crippen molar-refractivity contribution in [1.29, 1.82) is 0 Å². The number of carboxylic acids is 1. The van der Waals surface area contributed by atoms with Crippen molar-refractivity contribution in [3.05, 3.63) is 53.7 Å². The van der Waals surface area contributed by atoms with Crippen molar-refractivity contribution in [3.63, 3.8) is 0 Å². The number of aliphatic carboxylic acids is 1. The zero-order chi connectivity index (χ0) is 24.5. The van der Waals surface area contributed by atoms with Gasteiger partial charge in [-0.1, -0.05) is 35.9 Å². The van der Waals surface area contributed by atoms with Crippen LogP contribution in [0, 0.1) is 11.7 Å². The van der Waals surface area contributed by atoms with Crippen LogP contribution >= 0.6 is 19.3 Å². The molecule has 0 bridgehead atoms. The van der Waals surface area contributed by atoms with E-state index in [4.69, 9.17) is 26.4 Å². The van der Waals surface area contributed by atoms with Crippen molar-refractivity contribution >= 4 is 42.4 Å². The van der Waals surface area contributed by atoms with Gasteiger partial charge >= 0.3 is 13.7 Å². The Labute approximate surface area is 198 Å². The van der Waals surface area contributed by atoms with E-state index in [1.165, 1.54) is 25.1 Å². The molecular weight excluding hydrogens is 490 g/mol. The molecule has 4 N–H and O–H groups in total. The molecule has 0 fully saturated rings. The quantitative estimate of drug-likeness (QED) is 0.221. The number of nitrogens with one attached hydrogen (secondary N) is 1. The van der Waals surface area contributed by atoms with E-state index in [1.54, 1.807) is 10.9 Å². The molecule has 34 heavy (non-hydrogen) atoms. The predicted molar refractivity (Wildman–Crippen MR) is 122 cm³/mol. The number of hydrogen-bond acceptors (Lipinski definition) is 8. The molecule has 1 aromatic carbocycles. The number of carboxylic acid groups (broad SMARTS) is 1. The summed E-state index contributed by atoms with van der Waals surface area (Å²) in [7, 11) is -4.24. The number of nitrogen functional groups attached to an aromatic ring is 1. The van der Waals surface area contributed by atoms with Crippen LogP contribution in [-0.4, -0.2) is 43.2 Å². The van der Waals surface area contributed by atoms with Crippen LogP contribution in [0.5, 0.6) is 5.75 Å². The van der Waals surface area contributed by atoms with Crippen molar-refractivity contribution in [3.8, 4) is 5.75 Å². The van der Waals surface area contributed by atoms with Crippen LogP contribution < -0.4 is 15.3 Å². The Morgan fingerprint density at radius 2 is 2.18 bits per heavy atom. The van der Waals surface area contributed by atoms with E-state index >= 15 is 0 Å². The molecule has 1 unspecified atom stereocenters. The van der Waals surface area contributed by atoms with Crippen LogP contribution in [0.4, 0.5) is 10.3 Å². The third-order valence-electron chi connectivity index (χ3n) is 5.14. The molecule has 180 valence electrons. The first-order valence-electron chi connectivity index (χ1n) is 10.2. The Hall–Kier alpha value is -3.05. The van der Waals surface area contributed by atoms with Crippen molar-refractivity contribution in [2.75, 3.05) is 12.3 Å². The normalized spacial score (nSPS) is 20.3. The van der Waals surface area contributed by atoms with Crippen LogP contribution in [0.1, 0.15) is 19.4 Å². The lowest BCUT2D eigenvalue weighted by atomic mass is 10.1. The van der Waals surface area contributed by atoms with Crippen molar-refractivity contribution < 1.29 is 27.9 Å². The number of aromatic nitrogens is 4. The number of hydrogen-bond donors (Lipinski definition) is 3. The van der Waals surface area contributed by atoms with Crippen molar-refractivity contribution in [2.45, 2.75) is 25.4 Å². The standard InChI is InChI=1S/C20H21ClFN6O5P/c1-11(19(29)30)27-34(31,33-15-5-3-2-4-14(15)22)32-9-12-6-7-13(8-12)28-10-24-16-17(21)25-20(23)26-18(16)28/h2-7,10-13H,8-9H2,1H3,(H,27,31)(H,29,30)(H2,23,25,26)/t11-,12+,13-,34?/m0/s1. The largest absolute Gasteiger partial charge is 0.480 e. The van der Waals surface area contributed by atoms with Gasteiger partial charge in [0.1, 0.15) is 11.6 Å². The average Bonchev–Trinajstić information content (AvgIpc) is 3.41. The first-order chi connectivity index (χ1) is 16.1. The maximum absolute atomic E-state index is 14.1. The van der Waals surface area contributed by atoms with Gasteiger partial charge in [-0.2, -0.15) is 15.1 Å². The number of halogens is 2. The summed E-state index contributed by atoms with van der Waals surface area (Å²) >= 11 is 6.09. The molecule has 1 aliphatic rings. The second-order valence-electron chi connectivity index (χ2n) is 7.65. The summed E-state index contributed by atoms with van der Waals surface area (Å²) in [5, 5.41) is 11.7. The average molecular weight is 511 g/mol. The summed E-state index contributed by atoms with van der Waals surface area (Å²) in [5.74, 6) is -2.55. The highest BCUT2D eigenvalue weighted by Gasteiger charge is 2.34. The van der Waals surface area contributed by atoms with Crippen LogP contribution in [0.15, 0.2) is 42.7 Å². The number of para-hydroxylation sites is 1.